The molecular formula is C17H27ClN3O2+. The molecule has 1 aromatic rings. The molecule has 2 amide bonds. The fourth-order valence-corrected chi connectivity index (χ4v) is 2.42. The fraction of sp³-hybridized carbons (Fsp3) is 0.529. The lowest BCUT2D eigenvalue weighted by atomic mass is 10.1. The first kappa shape index (κ1) is 19.5. The van der Waals surface area contributed by atoms with Crippen molar-refractivity contribution in [3.63, 3.8) is 0 Å². The van der Waals surface area contributed by atoms with Crippen LogP contribution in [0.4, 0.5) is 0 Å². The van der Waals surface area contributed by atoms with E-state index in [4.69, 9.17) is 11.6 Å². The van der Waals surface area contributed by atoms with Gasteiger partial charge in [-0.15, -0.1) is 0 Å². The Morgan fingerprint density at radius 3 is 2.39 bits per heavy atom. The SMILES string of the molecule is C[C@H](NC(=O)C[NH+](C)CC(=O)NC(C)(C)C)c1cccc(Cl)c1. The van der Waals surface area contributed by atoms with E-state index in [1.807, 2.05) is 52.9 Å². The number of carbonyl (C=O) groups is 2. The van der Waals surface area contributed by atoms with Crippen LogP contribution in [0.2, 0.25) is 5.02 Å². The lowest BCUT2D eigenvalue weighted by molar-refractivity contribution is -0.862. The zero-order chi connectivity index (χ0) is 17.6. The van der Waals surface area contributed by atoms with Crippen molar-refractivity contribution in [1.82, 2.24) is 10.6 Å². The average molecular weight is 341 g/mol. The first-order valence-corrected chi connectivity index (χ1v) is 8.12. The Morgan fingerprint density at radius 2 is 1.83 bits per heavy atom. The highest BCUT2D eigenvalue weighted by Gasteiger charge is 2.19. The molecule has 0 aliphatic carbocycles. The number of nitrogens with one attached hydrogen (secondary N) is 3. The first-order chi connectivity index (χ1) is 10.6. The maximum Gasteiger partial charge on any atom is 0.275 e. The molecule has 0 saturated heterocycles. The predicted molar refractivity (Wildman–Crippen MR) is 92.5 cm³/mol. The minimum absolute atomic E-state index is 0.0642. The van der Waals surface area contributed by atoms with Gasteiger partial charge in [-0.2, -0.15) is 0 Å². The molecule has 1 unspecified atom stereocenters. The van der Waals surface area contributed by atoms with Crippen molar-refractivity contribution in [3.8, 4) is 0 Å². The third kappa shape index (κ3) is 8.00. The van der Waals surface area contributed by atoms with Gasteiger partial charge in [-0.1, -0.05) is 23.7 Å². The van der Waals surface area contributed by atoms with E-state index in [-0.39, 0.29) is 36.5 Å². The summed E-state index contributed by atoms with van der Waals surface area (Å²) in [5.74, 6) is -0.163. The molecule has 0 heterocycles. The Labute approximate surface area is 143 Å². The van der Waals surface area contributed by atoms with Crippen LogP contribution in [-0.2, 0) is 9.59 Å². The van der Waals surface area contributed by atoms with E-state index in [0.29, 0.717) is 5.02 Å². The molecule has 0 fully saturated rings. The van der Waals surface area contributed by atoms with E-state index in [2.05, 4.69) is 10.6 Å². The van der Waals surface area contributed by atoms with Crippen LogP contribution in [0.5, 0.6) is 0 Å². The third-order valence-corrected chi connectivity index (χ3v) is 3.40. The number of hydrogen-bond donors (Lipinski definition) is 3. The van der Waals surface area contributed by atoms with Crippen molar-refractivity contribution in [2.45, 2.75) is 39.3 Å². The largest absolute Gasteiger partial charge is 0.347 e. The molecule has 128 valence electrons. The molecule has 5 nitrogen and oxygen atoms in total. The Bertz CT molecular complexity index is 555. The number of rotatable bonds is 6. The van der Waals surface area contributed by atoms with Crippen molar-refractivity contribution in [2.75, 3.05) is 20.1 Å². The van der Waals surface area contributed by atoms with Crippen LogP contribution >= 0.6 is 11.6 Å². The summed E-state index contributed by atoms with van der Waals surface area (Å²) in [6, 6.07) is 7.28. The second-order valence-corrected chi connectivity index (χ2v) is 7.39. The van der Waals surface area contributed by atoms with Crippen LogP contribution in [0.15, 0.2) is 24.3 Å². The second kappa shape index (κ2) is 8.31. The van der Waals surface area contributed by atoms with Crippen LogP contribution in [0.1, 0.15) is 39.3 Å². The molecule has 1 rings (SSSR count). The molecule has 0 saturated carbocycles. The molecule has 0 radical (unpaired) electrons. The van der Waals surface area contributed by atoms with Gasteiger partial charge in [0.1, 0.15) is 0 Å². The van der Waals surface area contributed by atoms with Crippen molar-refractivity contribution < 1.29 is 14.5 Å². The first-order valence-electron chi connectivity index (χ1n) is 7.74. The maximum absolute atomic E-state index is 12.1. The van der Waals surface area contributed by atoms with E-state index < -0.39 is 0 Å². The van der Waals surface area contributed by atoms with Gasteiger partial charge in [-0.05, 0) is 45.4 Å². The highest BCUT2D eigenvalue weighted by molar-refractivity contribution is 6.30. The number of likely N-dealkylation sites (N-methyl/N-ethyl adjacent to an activating group) is 1. The molecule has 0 aliphatic heterocycles. The van der Waals surface area contributed by atoms with Gasteiger partial charge in [0.05, 0.1) is 13.1 Å². The number of carbonyl (C=O) groups excluding carboxylic acids is 2. The van der Waals surface area contributed by atoms with E-state index >= 15 is 0 Å². The Balaban J connectivity index is 2.45. The van der Waals surface area contributed by atoms with Crippen LogP contribution in [0.3, 0.4) is 0 Å². The van der Waals surface area contributed by atoms with Gasteiger partial charge >= 0.3 is 0 Å². The lowest BCUT2D eigenvalue weighted by Gasteiger charge is -2.22. The van der Waals surface area contributed by atoms with Crippen molar-refractivity contribution in [2.24, 2.45) is 0 Å². The van der Waals surface area contributed by atoms with E-state index in [1.54, 1.807) is 6.07 Å². The molecule has 3 N–H and O–H groups in total. The summed E-state index contributed by atoms with van der Waals surface area (Å²) in [5.41, 5.74) is 0.690. The van der Waals surface area contributed by atoms with Crippen LogP contribution in [-0.4, -0.2) is 37.5 Å². The minimum atomic E-state index is -0.263. The van der Waals surface area contributed by atoms with Gasteiger partial charge in [0, 0.05) is 10.6 Å². The van der Waals surface area contributed by atoms with Crippen molar-refractivity contribution >= 4 is 23.4 Å². The van der Waals surface area contributed by atoms with Crippen LogP contribution in [0.25, 0.3) is 0 Å². The van der Waals surface area contributed by atoms with E-state index in [1.165, 1.54) is 0 Å². The van der Waals surface area contributed by atoms with Crippen LogP contribution < -0.4 is 15.5 Å². The average Bonchev–Trinajstić information content (AvgIpc) is 2.35. The number of quaternary nitrogens is 1. The highest BCUT2D eigenvalue weighted by Crippen LogP contribution is 2.16. The normalized spacial score (nSPS) is 14.0. The fourth-order valence-electron chi connectivity index (χ4n) is 2.22. The number of hydrogen-bond acceptors (Lipinski definition) is 2. The zero-order valence-corrected chi connectivity index (χ0v) is 15.3. The van der Waals surface area contributed by atoms with Gasteiger partial charge in [-0.25, -0.2) is 0 Å². The second-order valence-electron chi connectivity index (χ2n) is 6.95. The number of amides is 2. The predicted octanol–water partition coefficient (Wildman–Crippen LogP) is 0.947. The summed E-state index contributed by atoms with van der Waals surface area (Å²) >= 11 is 5.96. The summed E-state index contributed by atoms with van der Waals surface area (Å²) in [4.78, 5) is 24.8. The van der Waals surface area contributed by atoms with Gasteiger partial charge in [0.2, 0.25) is 0 Å². The number of halogens is 1. The summed E-state index contributed by atoms with van der Waals surface area (Å²) in [6.45, 7) is 8.20. The lowest BCUT2D eigenvalue weighted by Crippen LogP contribution is -3.11. The van der Waals surface area contributed by atoms with E-state index in [0.717, 1.165) is 10.5 Å². The Hall–Kier alpha value is -1.59. The zero-order valence-electron chi connectivity index (χ0n) is 14.5. The van der Waals surface area contributed by atoms with Gasteiger partial charge < -0.3 is 15.5 Å². The smallest absolute Gasteiger partial charge is 0.275 e. The monoisotopic (exact) mass is 340 g/mol. The molecule has 0 aliphatic rings. The molecule has 6 heteroatoms. The Morgan fingerprint density at radius 1 is 1.22 bits per heavy atom. The standard InChI is InChI=1S/C17H26ClN3O2/c1-12(13-7-6-8-14(18)9-13)19-15(22)10-21(5)11-16(23)20-17(2,3)4/h6-9,12H,10-11H2,1-5H3,(H,19,22)(H,20,23)/p+1/t12-/m0/s1. The van der Waals surface area contributed by atoms with E-state index in [9.17, 15) is 9.59 Å². The summed E-state index contributed by atoms with van der Waals surface area (Å²) in [6.07, 6.45) is 0. The van der Waals surface area contributed by atoms with Crippen molar-refractivity contribution in [3.05, 3.63) is 34.9 Å². The topological polar surface area (TPSA) is 62.6 Å². The number of benzene rings is 1. The third-order valence-electron chi connectivity index (χ3n) is 3.17. The molecule has 1 aromatic carbocycles. The quantitative estimate of drug-likeness (QED) is 0.722. The van der Waals surface area contributed by atoms with Gasteiger partial charge in [0.15, 0.2) is 13.1 Å². The molecule has 0 aromatic heterocycles. The highest BCUT2D eigenvalue weighted by atomic mass is 35.5. The van der Waals surface area contributed by atoms with Gasteiger partial charge in [-0.3, -0.25) is 9.59 Å². The summed E-state index contributed by atoms with van der Waals surface area (Å²) < 4.78 is 0. The molecule has 2 atom stereocenters. The molecule has 23 heavy (non-hydrogen) atoms. The molecule has 0 spiro atoms. The molecular weight excluding hydrogens is 314 g/mol. The summed E-state index contributed by atoms with van der Waals surface area (Å²) in [7, 11) is 1.83. The molecule has 0 bridgehead atoms. The Kier molecular flexibility index (Phi) is 7.03. The maximum atomic E-state index is 12.1. The van der Waals surface area contributed by atoms with Gasteiger partial charge in [0.25, 0.3) is 11.8 Å². The minimum Gasteiger partial charge on any atom is -0.347 e. The van der Waals surface area contributed by atoms with Crippen molar-refractivity contribution in [1.29, 1.82) is 0 Å². The summed E-state index contributed by atoms with van der Waals surface area (Å²) in [5, 5.41) is 6.46. The van der Waals surface area contributed by atoms with Crippen LogP contribution in [0, 0.1) is 0 Å².